The van der Waals surface area contributed by atoms with Gasteiger partial charge in [-0.15, -0.1) is 11.8 Å². The predicted octanol–water partition coefficient (Wildman–Crippen LogP) is 3.87. The Bertz CT molecular complexity index is 357. The van der Waals surface area contributed by atoms with Gasteiger partial charge in [-0.1, -0.05) is 37.3 Å². The van der Waals surface area contributed by atoms with Crippen molar-refractivity contribution in [2.75, 3.05) is 17.8 Å². The monoisotopic (exact) mass is 252 g/mol. The van der Waals surface area contributed by atoms with Gasteiger partial charge in [-0.05, 0) is 17.4 Å². The topological polar surface area (TPSA) is 17.1 Å². The van der Waals surface area contributed by atoms with Crippen LogP contribution < -0.4 is 0 Å². The average Bonchev–Trinajstić information content (AvgIpc) is 2.35. The van der Waals surface area contributed by atoms with E-state index < -0.39 is 0 Å². The van der Waals surface area contributed by atoms with Gasteiger partial charge in [0, 0.05) is 16.9 Å². The molecule has 0 aliphatic carbocycles. The Hall–Kier alpha value is -0.670. The van der Waals surface area contributed by atoms with Gasteiger partial charge in [0.1, 0.15) is 0 Å². The molecule has 0 heterocycles. The van der Waals surface area contributed by atoms with Crippen molar-refractivity contribution in [3.63, 3.8) is 0 Å². The smallest absolute Gasteiger partial charge is 0.190 e. The fourth-order valence-electron chi connectivity index (χ4n) is 1.27. The van der Waals surface area contributed by atoms with Gasteiger partial charge in [-0.25, -0.2) is 0 Å². The van der Waals surface area contributed by atoms with Gasteiger partial charge in [0.15, 0.2) is 5.78 Å². The van der Waals surface area contributed by atoms with E-state index in [2.05, 4.69) is 6.92 Å². The molecule has 0 radical (unpaired) electrons. The molecule has 0 saturated carbocycles. The Labute approximate surface area is 106 Å². The summed E-state index contributed by atoms with van der Waals surface area (Å²) in [4.78, 5) is 12.1. The summed E-state index contributed by atoms with van der Waals surface area (Å²) >= 11 is 3.36. The lowest BCUT2D eigenvalue weighted by Crippen LogP contribution is -2.05. The van der Waals surface area contributed by atoms with Crippen molar-refractivity contribution >= 4 is 29.3 Å². The molecule has 1 aromatic rings. The lowest BCUT2D eigenvalue weighted by molar-refractivity contribution is 0.103. The molecule has 86 valence electrons. The zero-order valence-corrected chi connectivity index (χ0v) is 11.2. The molecular formula is C13H16OS2. The van der Waals surface area contributed by atoms with Gasteiger partial charge in [-0.2, -0.15) is 11.8 Å². The first kappa shape index (κ1) is 13.4. The highest BCUT2D eigenvalue weighted by Crippen LogP contribution is 2.16. The minimum atomic E-state index is 0.149. The molecule has 0 aliphatic rings. The highest BCUT2D eigenvalue weighted by molar-refractivity contribution is 8.02. The molecule has 0 spiro atoms. The maximum atomic E-state index is 12.1. The van der Waals surface area contributed by atoms with Crippen molar-refractivity contribution in [2.45, 2.75) is 6.92 Å². The van der Waals surface area contributed by atoms with E-state index in [1.54, 1.807) is 23.5 Å². The molecule has 0 aliphatic heterocycles. The van der Waals surface area contributed by atoms with Crippen molar-refractivity contribution in [1.29, 1.82) is 0 Å². The summed E-state index contributed by atoms with van der Waals surface area (Å²) in [6, 6.07) is 9.46. The van der Waals surface area contributed by atoms with Crippen LogP contribution in [0.1, 0.15) is 17.3 Å². The number of carbonyl (C=O) groups is 1. The number of thioether (sulfide) groups is 2. The van der Waals surface area contributed by atoms with Crippen molar-refractivity contribution in [1.82, 2.24) is 0 Å². The van der Waals surface area contributed by atoms with E-state index in [0.29, 0.717) is 0 Å². The summed E-state index contributed by atoms with van der Waals surface area (Å²) in [6.45, 7) is 2.09. The highest BCUT2D eigenvalue weighted by atomic mass is 32.2. The number of benzene rings is 1. The van der Waals surface area contributed by atoms with Crippen LogP contribution in [0.3, 0.4) is 0 Å². The number of hydrogen-bond donors (Lipinski definition) is 0. The van der Waals surface area contributed by atoms with E-state index >= 15 is 0 Å². The van der Waals surface area contributed by atoms with Crippen LogP contribution in [-0.4, -0.2) is 23.5 Å². The Morgan fingerprint density at radius 2 is 2.00 bits per heavy atom. The van der Waals surface area contributed by atoms with Crippen LogP contribution in [0.25, 0.3) is 0 Å². The molecule has 1 rings (SSSR count). The summed E-state index contributed by atoms with van der Waals surface area (Å²) in [5.74, 6) is 1.93. The van der Waals surface area contributed by atoms with E-state index in [1.807, 2.05) is 42.0 Å². The Morgan fingerprint density at radius 1 is 1.31 bits per heavy atom. The van der Waals surface area contributed by atoms with Gasteiger partial charge in [-0.3, -0.25) is 4.79 Å². The van der Waals surface area contributed by atoms with Crippen molar-refractivity contribution < 1.29 is 4.79 Å². The second-order valence-electron chi connectivity index (χ2n) is 3.23. The van der Waals surface area contributed by atoms with E-state index in [9.17, 15) is 4.79 Å². The van der Waals surface area contributed by atoms with Crippen LogP contribution >= 0.6 is 23.5 Å². The minimum Gasteiger partial charge on any atom is -0.289 e. The van der Waals surface area contributed by atoms with E-state index in [-0.39, 0.29) is 5.78 Å². The van der Waals surface area contributed by atoms with Gasteiger partial charge in [0.2, 0.25) is 0 Å². The number of Topliss-reactive ketones (excluding diaryl/α,β-unsaturated/α-hetero) is 1. The van der Waals surface area contributed by atoms with Gasteiger partial charge in [0.05, 0.1) is 0 Å². The molecule has 0 saturated heterocycles. The molecule has 0 aromatic heterocycles. The molecular weight excluding hydrogens is 236 g/mol. The summed E-state index contributed by atoms with van der Waals surface area (Å²) in [6.07, 6.45) is 2.02. The number of ketones is 1. The highest BCUT2D eigenvalue weighted by Gasteiger charge is 2.10. The quantitative estimate of drug-likeness (QED) is 0.565. The molecule has 1 aromatic carbocycles. The first-order chi connectivity index (χ1) is 7.79. The van der Waals surface area contributed by atoms with Gasteiger partial charge >= 0.3 is 0 Å². The van der Waals surface area contributed by atoms with E-state index in [4.69, 9.17) is 0 Å². The van der Waals surface area contributed by atoms with Gasteiger partial charge < -0.3 is 0 Å². The summed E-state index contributed by atoms with van der Waals surface area (Å²) in [7, 11) is 0. The molecule has 1 nitrogen and oxygen atoms in total. The van der Waals surface area contributed by atoms with Crippen molar-refractivity contribution in [3.8, 4) is 0 Å². The zero-order chi connectivity index (χ0) is 11.8. The summed E-state index contributed by atoms with van der Waals surface area (Å²) < 4.78 is 0. The number of rotatable bonds is 6. The Morgan fingerprint density at radius 3 is 2.56 bits per heavy atom. The summed E-state index contributed by atoms with van der Waals surface area (Å²) in [5, 5.41) is 1.99. The van der Waals surface area contributed by atoms with Crippen LogP contribution in [0, 0.1) is 0 Å². The lowest BCUT2D eigenvalue weighted by atomic mass is 10.1. The lowest BCUT2D eigenvalue weighted by Gasteiger charge is -2.04. The molecule has 0 bridgehead atoms. The fraction of sp³-hybridized carbons (Fsp3) is 0.308. The Balaban J connectivity index is 2.83. The normalized spacial score (nSPS) is 11.5. The standard InChI is InChI=1S/C13H16OS2/c1-3-16-10-12(9-15-2)13(14)11-7-5-4-6-8-11/h4-8,10H,3,9H2,1-2H3. The second-order valence-corrected chi connectivity index (χ2v) is 5.24. The molecule has 0 amide bonds. The molecule has 0 N–H and O–H groups in total. The van der Waals surface area contributed by atoms with E-state index in [0.717, 1.165) is 22.6 Å². The first-order valence-corrected chi connectivity index (χ1v) is 7.63. The molecule has 0 atom stereocenters. The third kappa shape index (κ3) is 4.06. The van der Waals surface area contributed by atoms with Crippen molar-refractivity contribution in [2.24, 2.45) is 0 Å². The van der Waals surface area contributed by atoms with Crippen molar-refractivity contribution in [3.05, 3.63) is 46.9 Å². The maximum absolute atomic E-state index is 12.1. The van der Waals surface area contributed by atoms with Crippen LogP contribution in [-0.2, 0) is 0 Å². The van der Waals surface area contributed by atoms with Crippen LogP contribution in [0.2, 0.25) is 0 Å². The molecule has 0 fully saturated rings. The largest absolute Gasteiger partial charge is 0.289 e. The van der Waals surface area contributed by atoms with Crippen LogP contribution in [0.15, 0.2) is 41.3 Å². The number of carbonyl (C=O) groups excluding carboxylic acids is 1. The SMILES string of the molecule is CCSC=C(CSC)C(=O)c1ccccc1. The number of hydrogen-bond acceptors (Lipinski definition) is 3. The molecule has 0 unspecified atom stereocenters. The first-order valence-electron chi connectivity index (χ1n) is 5.19. The molecule has 16 heavy (non-hydrogen) atoms. The average molecular weight is 252 g/mol. The van der Waals surface area contributed by atoms with Gasteiger partial charge in [0.25, 0.3) is 0 Å². The maximum Gasteiger partial charge on any atom is 0.190 e. The van der Waals surface area contributed by atoms with E-state index in [1.165, 1.54) is 0 Å². The van der Waals surface area contributed by atoms with Crippen LogP contribution in [0.5, 0.6) is 0 Å². The predicted molar refractivity (Wildman–Crippen MR) is 75.4 cm³/mol. The minimum absolute atomic E-state index is 0.149. The third-order valence-electron chi connectivity index (χ3n) is 2.02. The fourth-order valence-corrected chi connectivity index (χ4v) is 2.46. The van der Waals surface area contributed by atoms with Crippen LogP contribution in [0.4, 0.5) is 0 Å². The zero-order valence-electron chi connectivity index (χ0n) is 9.60. The Kier molecular flexibility index (Phi) is 6.34. The second kappa shape index (κ2) is 7.58. The molecule has 3 heteroatoms. The summed E-state index contributed by atoms with van der Waals surface area (Å²) in [5.41, 5.74) is 1.67. The third-order valence-corrected chi connectivity index (χ3v) is 3.40.